The lowest BCUT2D eigenvalue weighted by molar-refractivity contribution is 0.620. The van der Waals surface area contributed by atoms with E-state index in [4.69, 9.17) is 5.73 Å². The molecule has 0 spiro atoms. The fourth-order valence-corrected chi connectivity index (χ4v) is 2.90. The number of nitrogen functional groups attached to an aromatic ring is 1. The Kier molecular flexibility index (Phi) is 4.24. The fraction of sp³-hybridized carbons (Fsp3) is 0.429. The summed E-state index contributed by atoms with van der Waals surface area (Å²) in [7, 11) is 0. The van der Waals surface area contributed by atoms with Crippen LogP contribution in [0.2, 0.25) is 0 Å². The van der Waals surface area contributed by atoms with Gasteiger partial charge in [0, 0.05) is 24.7 Å². The molecule has 0 bridgehead atoms. The molecule has 102 valence electrons. The number of nitrogens with zero attached hydrogens (tertiary/aromatic N) is 3. The Morgan fingerprint density at radius 2 is 2.11 bits per heavy atom. The Bertz CT molecular complexity index is 569. The summed E-state index contributed by atoms with van der Waals surface area (Å²) in [5.41, 5.74) is 10.5. The average molecular weight is 323 g/mol. The molecule has 0 atom stereocenters. The molecule has 2 heterocycles. The van der Waals surface area contributed by atoms with Crippen molar-refractivity contribution in [1.82, 2.24) is 14.8 Å². The van der Waals surface area contributed by atoms with E-state index in [2.05, 4.69) is 46.8 Å². The molecule has 2 aromatic heterocycles. The molecule has 0 fully saturated rings. The Balaban J connectivity index is 2.46. The first-order chi connectivity index (χ1) is 9.08. The number of halogens is 1. The van der Waals surface area contributed by atoms with Gasteiger partial charge in [-0.2, -0.15) is 5.10 Å². The molecule has 19 heavy (non-hydrogen) atoms. The second-order valence-corrected chi connectivity index (χ2v) is 5.34. The summed E-state index contributed by atoms with van der Waals surface area (Å²) in [6, 6.07) is 1.99. The molecule has 0 radical (unpaired) electrons. The van der Waals surface area contributed by atoms with Crippen molar-refractivity contribution in [3.63, 3.8) is 0 Å². The van der Waals surface area contributed by atoms with Gasteiger partial charge in [0.2, 0.25) is 0 Å². The molecule has 2 N–H and O–H groups in total. The van der Waals surface area contributed by atoms with E-state index in [1.807, 2.05) is 10.7 Å². The minimum absolute atomic E-state index is 0.605. The van der Waals surface area contributed by atoms with Crippen molar-refractivity contribution < 1.29 is 0 Å². The quantitative estimate of drug-likeness (QED) is 0.940. The second-order valence-electron chi connectivity index (χ2n) is 4.55. The van der Waals surface area contributed by atoms with Crippen LogP contribution in [-0.2, 0) is 19.4 Å². The van der Waals surface area contributed by atoms with Crippen LogP contribution in [0.4, 0.5) is 5.82 Å². The number of aromatic nitrogens is 3. The summed E-state index contributed by atoms with van der Waals surface area (Å²) < 4.78 is 3.13. The molecule has 0 aromatic carbocycles. The normalized spacial score (nSPS) is 10.9. The monoisotopic (exact) mass is 322 g/mol. The number of anilines is 1. The van der Waals surface area contributed by atoms with Gasteiger partial charge in [0.1, 0.15) is 5.82 Å². The van der Waals surface area contributed by atoms with Crippen molar-refractivity contribution in [2.45, 2.75) is 40.2 Å². The Hall–Kier alpha value is -1.36. The lowest BCUT2D eigenvalue weighted by Crippen LogP contribution is -2.07. The van der Waals surface area contributed by atoms with Crippen LogP contribution in [0.1, 0.15) is 36.4 Å². The van der Waals surface area contributed by atoms with E-state index in [1.165, 1.54) is 11.3 Å². The third-order valence-electron chi connectivity index (χ3n) is 3.36. The van der Waals surface area contributed by atoms with E-state index in [-0.39, 0.29) is 0 Å². The fourth-order valence-electron chi connectivity index (χ4n) is 2.19. The Morgan fingerprint density at radius 1 is 1.37 bits per heavy atom. The zero-order valence-electron chi connectivity index (χ0n) is 11.6. The van der Waals surface area contributed by atoms with Crippen molar-refractivity contribution in [2.24, 2.45) is 0 Å². The van der Waals surface area contributed by atoms with Crippen LogP contribution in [0.25, 0.3) is 0 Å². The molecule has 2 rings (SSSR count). The lowest BCUT2D eigenvalue weighted by Gasteiger charge is -2.10. The van der Waals surface area contributed by atoms with Gasteiger partial charge in [0.25, 0.3) is 0 Å². The molecule has 0 amide bonds. The standard InChI is InChI=1S/C14H19BrN4/c1-4-11-13(15)12(19(5-2)18-11)8-10-9(3)6-7-17-14(10)16/h6-7H,4-5,8H2,1-3H3,(H2,16,17). The molecular formula is C14H19BrN4. The topological polar surface area (TPSA) is 56.7 Å². The van der Waals surface area contributed by atoms with E-state index in [0.717, 1.165) is 35.1 Å². The van der Waals surface area contributed by atoms with Crippen LogP contribution in [0.3, 0.4) is 0 Å². The summed E-state index contributed by atoms with van der Waals surface area (Å²) in [6.45, 7) is 7.13. The Labute approximate surface area is 122 Å². The third-order valence-corrected chi connectivity index (χ3v) is 4.28. The van der Waals surface area contributed by atoms with Gasteiger partial charge in [-0.15, -0.1) is 0 Å². The van der Waals surface area contributed by atoms with Crippen LogP contribution >= 0.6 is 15.9 Å². The predicted octanol–water partition coefficient (Wildman–Crippen LogP) is 3.10. The van der Waals surface area contributed by atoms with E-state index in [9.17, 15) is 0 Å². The largest absolute Gasteiger partial charge is 0.383 e. The first-order valence-electron chi connectivity index (χ1n) is 6.52. The summed E-state index contributed by atoms with van der Waals surface area (Å²) in [6.07, 6.45) is 3.42. The van der Waals surface area contributed by atoms with Gasteiger partial charge < -0.3 is 5.73 Å². The number of pyridine rings is 1. The molecule has 5 heteroatoms. The lowest BCUT2D eigenvalue weighted by atomic mass is 10.1. The molecule has 0 unspecified atom stereocenters. The van der Waals surface area contributed by atoms with Gasteiger partial charge in [-0.1, -0.05) is 6.92 Å². The highest BCUT2D eigenvalue weighted by atomic mass is 79.9. The molecule has 0 aliphatic rings. The minimum Gasteiger partial charge on any atom is -0.383 e. The van der Waals surface area contributed by atoms with Crippen LogP contribution < -0.4 is 5.73 Å². The number of hydrogen-bond acceptors (Lipinski definition) is 3. The molecule has 0 saturated carbocycles. The van der Waals surface area contributed by atoms with Gasteiger partial charge in [-0.05, 0) is 47.8 Å². The van der Waals surface area contributed by atoms with Crippen molar-refractivity contribution in [3.8, 4) is 0 Å². The van der Waals surface area contributed by atoms with Crippen LogP contribution in [0, 0.1) is 6.92 Å². The molecule has 0 aliphatic carbocycles. The van der Waals surface area contributed by atoms with Gasteiger partial charge in [0.15, 0.2) is 0 Å². The molecule has 0 saturated heterocycles. The molecule has 4 nitrogen and oxygen atoms in total. The zero-order chi connectivity index (χ0) is 14.0. The number of nitrogens with two attached hydrogens (primary N) is 1. The highest BCUT2D eigenvalue weighted by molar-refractivity contribution is 9.10. The van der Waals surface area contributed by atoms with Crippen molar-refractivity contribution in [3.05, 3.63) is 39.3 Å². The summed E-state index contributed by atoms with van der Waals surface area (Å²) in [4.78, 5) is 4.18. The van der Waals surface area contributed by atoms with Crippen molar-refractivity contribution in [2.75, 3.05) is 5.73 Å². The predicted molar refractivity (Wildman–Crippen MR) is 81.2 cm³/mol. The van der Waals surface area contributed by atoms with E-state index in [1.54, 1.807) is 6.20 Å². The molecule has 0 aliphatic heterocycles. The maximum Gasteiger partial charge on any atom is 0.127 e. The zero-order valence-corrected chi connectivity index (χ0v) is 13.2. The highest BCUT2D eigenvalue weighted by Gasteiger charge is 2.16. The molecular weight excluding hydrogens is 304 g/mol. The first kappa shape index (κ1) is 14.1. The summed E-state index contributed by atoms with van der Waals surface area (Å²) in [5, 5.41) is 4.61. The summed E-state index contributed by atoms with van der Waals surface area (Å²) >= 11 is 3.67. The van der Waals surface area contributed by atoms with Crippen molar-refractivity contribution >= 4 is 21.7 Å². The maximum absolute atomic E-state index is 5.99. The number of hydrogen-bond donors (Lipinski definition) is 1. The first-order valence-corrected chi connectivity index (χ1v) is 7.31. The second kappa shape index (κ2) is 5.74. The third kappa shape index (κ3) is 2.66. The minimum atomic E-state index is 0.605. The van der Waals surface area contributed by atoms with E-state index >= 15 is 0 Å². The van der Waals surface area contributed by atoms with Crippen LogP contribution in [-0.4, -0.2) is 14.8 Å². The smallest absolute Gasteiger partial charge is 0.127 e. The van der Waals surface area contributed by atoms with Gasteiger partial charge in [-0.3, -0.25) is 4.68 Å². The van der Waals surface area contributed by atoms with Crippen LogP contribution in [0.5, 0.6) is 0 Å². The maximum atomic E-state index is 5.99. The summed E-state index contributed by atoms with van der Waals surface area (Å²) in [5.74, 6) is 0.605. The Morgan fingerprint density at radius 3 is 2.68 bits per heavy atom. The number of rotatable bonds is 4. The van der Waals surface area contributed by atoms with Crippen molar-refractivity contribution in [1.29, 1.82) is 0 Å². The molecule has 2 aromatic rings. The average Bonchev–Trinajstić information content (AvgIpc) is 2.70. The van der Waals surface area contributed by atoms with Crippen LogP contribution in [0.15, 0.2) is 16.7 Å². The SMILES string of the molecule is CCc1nn(CC)c(Cc2c(C)ccnc2N)c1Br. The van der Waals surface area contributed by atoms with Gasteiger partial charge in [0.05, 0.1) is 15.9 Å². The number of aryl methyl sites for hydroxylation is 3. The highest BCUT2D eigenvalue weighted by Crippen LogP contribution is 2.27. The van der Waals surface area contributed by atoms with Gasteiger partial charge >= 0.3 is 0 Å². The van der Waals surface area contributed by atoms with E-state index in [0.29, 0.717) is 5.82 Å². The van der Waals surface area contributed by atoms with Gasteiger partial charge in [-0.25, -0.2) is 4.98 Å². The van der Waals surface area contributed by atoms with E-state index < -0.39 is 0 Å².